The second-order valence-corrected chi connectivity index (χ2v) is 16.6. The summed E-state index contributed by atoms with van der Waals surface area (Å²) in [5, 5.41) is 8.31. The van der Waals surface area contributed by atoms with Gasteiger partial charge in [-0.1, -0.05) is 111 Å². The second-order valence-electron chi connectivity index (χ2n) is 11.7. The third kappa shape index (κ3) is 6.91. The molecule has 7 rings (SSSR count). The first kappa shape index (κ1) is 34.2. The molecule has 0 saturated heterocycles. The molecule has 0 spiro atoms. The first-order valence-electron chi connectivity index (χ1n) is 15.2. The summed E-state index contributed by atoms with van der Waals surface area (Å²) in [6.45, 7) is 8.08. The van der Waals surface area contributed by atoms with Gasteiger partial charge in [0.25, 0.3) is 0 Å². The van der Waals surface area contributed by atoms with E-state index in [9.17, 15) is 0 Å². The number of hydrogen-bond donors (Lipinski definition) is 0. The predicted octanol–water partition coefficient (Wildman–Crippen LogP) is 7.30. The summed E-state index contributed by atoms with van der Waals surface area (Å²) in [4.78, 5) is 7.75. The third-order valence-electron chi connectivity index (χ3n) is 8.82. The van der Waals surface area contributed by atoms with Gasteiger partial charge in [0, 0.05) is 16.9 Å². The van der Waals surface area contributed by atoms with Gasteiger partial charge in [-0.15, -0.1) is 0 Å². The van der Waals surface area contributed by atoms with Crippen molar-refractivity contribution in [1.29, 1.82) is 0 Å². The van der Waals surface area contributed by atoms with Crippen LogP contribution < -0.4 is 31.3 Å². The van der Waals surface area contributed by atoms with Crippen molar-refractivity contribution in [1.82, 2.24) is 0 Å². The summed E-state index contributed by atoms with van der Waals surface area (Å²) in [7, 11) is 2.05. The number of ether oxygens (including phenoxy) is 1. The number of allylic oxidation sites excluding steroid dienone is 2. The third-order valence-corrected chi connectivity index (χ3v) is 14.4. The standard InChI is InChI=1S/C39H34OP2.CHO.ClH.Ru.H/c1-39(2)33-25-15-27-35(41(29-17-7-3-8-18-29)30-19-9-4-10-20-30)37(33)40-38-34(39)26-16-28-36(38)42(31-21-11-5-12-22-31)32-23-13-6-14-24-32;1-2;;;/h3-28,33,37H,1-2H3;1H;1H;;/q;-1;;+1;/p+1. The van der Waals surface area contributed by atoms with Gasteiger partial charge in [-0.05, 0) is 60.7 Å². The Kier molecular flexibility index (Phi) is 11.9. The number of fused-ring (bicyclic) bond motifs is 2. The van der Waals surface area contributed by atoms with E-state index in [0.29, 0.717) is 0 Å². The van der Waals surface area contributed by atoms with Crippen LogP contribution in [0, 0.1) is 5.92 Å². The molecule has 2 nitrogen and oxygen atoms in total. The van der Waals surface area contributed by atoms with Gasteiger partial charge < -0.3 is 9.53 Å². The Hall–Kier alpha value is -3.18. The Morgan fingerprint density at radius 3 is 1.52 bits per heavy atom. The molecule has 0 saturated carbocycles. The molecule has 0 bridgehead atoms. The van der Waals surface area contributed by atoms with Crippen LogP contribution in [0.4, 0.5) is 0 Å². The van der Waals surface area contributed by atoms with E-state index in [1.165, 1.54) is 37.4 Å². The SMILES string of the molecule is CC1(C)c2cccc([PH+](c3ccccc3)c3ccccc3)c2OC2C([PH+](c3ccccc3)c3ccccc3)=CC=CC21.[CH-]=O.[Cl][RuH]. The van der Waals surface area contributed by atoms with Crippen molar-refractivity contribution >= 4 is 58.8 Å². The summed E-state index contributed by atoms with van der Waals surface area (Å²) < 4.78 is 7.39. The van der Waals surface area contributed by atoms with Gasteiger partial charge in [-0.3, -0.25) is 6.79 Å². The Balaban J connectivity index is 0.00000100. The van der Waals surface area contributed by atoms with Crippen LogP contribution in [0.2, 0.25) is 0 Å². The second kappa shape index (κ2) is 16.1. The molecule has 0 fully saturated rings. The number of hydrogen-bond acceptors (Lipinski definition) is 2. The maximum absolute atomic E-state index is 7.75. The molecule has 1 aliphatic carbocycles. The van der Waals surface area contributed by atoms with Crippen molar-refractivity contribution in [3.8, 4) is 5.75 Å². The van der Waals surface area contributed by atoms with E-state index in [1.54, 1.807) is 17.3 Å². The topological polar surface area (TPSA) is 26.3 Å². The van der Waals surface area contributed by atoms with Gasteiger partial charge in [0.1, 0.15) is 39.8 Å². The van der Waals surface area contributed by atoms with Crippen LogP contribution in [0.15, 0.2) is 163 Å². The summed E-state index contributed by atoms with van der Waals surface area (Å²) in [6, 6.07) is 51.1. The summed E-state index contributed by atoms with van der Waals surface area (Å²) in [5.41, 5.74) is 1.22. The fourth-order valence-electron chi connectivity index (χ4n) is 6.72. The van der Waals surface area contributed by atoms with Crippen molar-refractivity contribution < 1.29 is 26.8 Å². The zero-order valence-electron chi connectivity index (χ0n) is 25.8. The maximum atomic E-state index is 7.75. The zero-order chi connectivity index (χ0) is 32.5. The molecule has 2 atom stereocenters. The normalized spacial score (nSPS) is 17.2. The molecule has 1 aliphatic heterocycles. The van der Waals surface area contributed by atoms with Crippen LogP contribution in [-0.2, 0) is 27.5 Å². The zero-order valence-corrected chi connectivity index (χ0v) is 30.4. The fraction of sp³-hybridized carbons (Fsp3) is 0.125. The number of carbonyl (C=O) groups excluding carboxylic acids is 1. The Labute approximate surface area is 289 Å². The van der Waals surface area contributed by atoms with Crippen LogP contribution in [-0.4, -0.2) is 12.9 Å². The molecular formula is C40H38ClO2P2Ru+. The molecular weight excluding hydrogens is 711 g/mol. The number of para-hydroxylation sites is 1. The van der Waals surface area contributed by atoms with Crippen molar-refractivity contribution in [3.63, 3.8) is 0 Å². The molecule has 2 unspecified atom stereocenters. The van der Waals surface area contributed by atoms with E-state index in [1.807, 2.05) is 0 Å². The van der Waals surface area contributed by atoms with Crippen LogP contribution in [0.25, 0.3) is 0 Å². The molecule has 0 radical (unpaired) electrons. The predicted molar refractivity (Wildman–Crippen MR) is 199 cm³/mol. The van der Waals surface area contributed by atoms with E-state index in [-0.39, 0.29) is 17.4 Å². The van der Waals surface area contributed by atoms with Crippen LogP contribution >= 0.6 is 25.5 Å². The van der Waals surface area contributed by atoms with Crippen molar-refractivity contribution in [2.75, 3.05) is 0 Å². The molecule has 234 valence electrons. The summed E-state index contributed by atoms with van der Waals surface area (Å²) >= 11 is 1.62. The van der Waals surface area contributed by atoms with Crippen LogP contribution in [0.3, 0.4) is 0 Å². The molecule has 0 N–H and O–H groups in total. The minimum atomic E-state index is -1.30. The fourth-order valence-corrected chi connectivity index (χ4v) is 12.2. The van der Waals surface area contributed by atoms with Gasteiger partial charge in [0.2, 0.25) is 0 Å². The number of halogens is 1. The van der Waals surface area contributed by atoms with Crippen LogP contribution in [0.1, 0.15) is 19.4 Å². The van der Waals surface area contributed by atoms with Crippen molar-refractivity contribution in [2.45, 2.75) is 25.4 Å². The van der Waals surface area contributed by atoms with E-state index >= 15 is 0 Å². The van der Waals surface area contributed by atoms with Gasteiger partial charge >= 0.3 is 27.0 Å². The summed E-state index contributed by atoms with van der Waals surface area (Å²) in [5.74, 6) is 1.34. The molecule has 2 aliphatic rings. The minimum absolute atomic E-state index is 0.0252. The van der Waals surface area contributed by atoms with E-state index in [2.05, 4.69) is 188 Å². The monoisotopic (exact) mass is 749 g/mol. The quantitative estimate of drug-likeness (QED) is 0.0790. The van der Waals surface area contributed by atoms with Gasteiger partial charge in [0.05, 0.1) is 7.92 Å². The molecule has 46 heavy (non-hydrogen) atoms. The molecule has 1 heterocycles. The van der Waals surface area contributed by atoms with Crippen molar-refractivity contribution in [3.05, 3.63) is 169 Å². The first-order valence-corrected chi connectivity index (χ1v) is 20.5. The average molecular weight is 749 g/mol. The molecule has 6 heteroatoms. The van der Waals surface area contributed by atoms with Crippen LogP contribution in [0.5, 0.6) is 5.75 Å². The number of rotatable bonds is 6. The summed E-state index contributed by atoms with van der Waals surface area (Å²) in [6.07, 6.45) is 7.01. The van der Waals surface area contributed by atoms with E-state index in [4.69, 9.17) is 9.53 Å². The molecule has 5 aromatic rings. The molecule has 5 aromatic carbocycles. The van der Waals surface area contributed by atoms with E-state index in [0.717, 1.165) is 5.75 Å². The number of benzene rings is 5. The van der Waals surface area contributed by atoms with E-state index < -0.39 is 15.8 Å². The van der Waals surface area contributed by atoms with Crippen molar-refractivity contribution in [2.24, 2.45) is 5.92 Å². The van der Waals surface area contributed by atoms with Gasteiger partial charge in [-0.25, -0.2) is 0 Å². The average Bonchev–Trinajstić information content (AvgIpc) is 3.13. The molecule has 0 aromatic heterocycles. The Morgan fingerprint density at radius 1 is 0.630 bits per heavy atom. The Bertz CT molecular complexity index is 1680. The van der Waals surface area contributed by atoms with Gasteiger partial charge in [-0.2, -0.15) is 0 Å². The Morgan fingerprint density at radius 2 is 1.07 bits per heavy atom. The first-order chi connectivity index (χ1) is 22.6. The molecule has 0 amide bonds. The van der Waals surface area contributed by atoms with Gasteiger partial charge in [0.15, 0.2) is 11.9 Å².